The summed E-state index contributed by atoms with van der Waals surface area (Å²) in [7, 11) is 0. The number of aliphatic carboxylic acids is 2. The van der Waals surface area contributed by atoms with Crippen molar-refractivity contribution in [3.63, 3.8) is 0 Å². The Balaban J connectivity index is 1.71. The Hall–Kier alpha value is -2.41. The van der Waals surface area contributed by atoms with Crippen LogP contribution in [0.3, 0.4) is 0 Å². The number of rotatable bonds is 8. The van der Waals surface area contributed by atoms with E-state index in [0.717, 1.165) is 37.7 Å². The molecule has 3 rings (SSSR count). The summed E-state index contributed by atoms with van der Waals surface area (Å²) >= 11 is 0. The van der Waals surface area contributed by atoms with Gasteiger partial charge in [0.2, 0.25) is 5.91 Å². The summed E-state index contributed by atoms with van der Waals surface area (Å²) in [6.07, 6.45) is 6.15. The molecule has 1 aromatic carbocycles. The molecule has 7 nitrogen and oxygen atoms in total. The van der Waals surface area contributed by atoms with Gasteiger partial charge < -0.3 is 15.1 Å². The van der Waals surface area contributed by atoms with E-state index in [9.17, 15) is 24.6 Å². The van der Waals surface area contributed by atoms with Gasteiger partial charge >= 0.3 is 11.9 Å². The third kappa shape index (κ3) is 5.56. The van der Waals surface area contributed by atoms with Crippen molar-refractivity contribution in [2.75, 3.05) is 6.54 Å². The van der Waals surface area contributed by atoms with Crippen molar-refractivity contribution in [1.29, 1.82) is 0 Å². The highest BCUT2D eigenvalue weighted by Gasteiger charge is 2.40. The zero-order chi connectivity index (χ0) is 20.8. The highest BCUT2D eigenvalue weighted by atomic mass is 16.4. The van der Waals surface area contributed by atoms with E-state index in [0.29, 0.717) is 25.2 Å². The molecule has 0 bridgehead atoms. The Morgan fingerprint density at radius 3 is 2.41 bits per heavy atom. The van der Waals surface area contributed by atoms with Gasteiger partial charge in [0, 0.05) is 6.04 Å². The molecule has 0 spiro atoms. The molecule has 0 aromatic heterocycles. The van der Waals surface area contributed by atoms with E-state index in [2.05, 4.69) is 5.32 Å². The lowest BCUT2D eigenvalue weighted by atomic mass is 9.90. The molecule has 1 aliphatic carbocycles. The molecule has 1 aromatic rings. The summed E-state index contributed by atoms with van der Waals surface area (Å²) in [5, 5.41) is 22.0. The number of fused-ring (bicyclic) bond motifs is 1. The number of carboxylic acid groups (broad SMARTS) is 2. The molecule has 7 heteroatoms. The van der Waals surface area contributed by atoms with Crippen LogP contribution in [-0.4, -0.2) is 57.6 Å². The van der Waals surface area contributed by atoms with Gasteiger partial charge in [0.05, 0.1) is 6.04 Å². The van der Waals surface area contributed by atoms with E-state index in [1.54, 1.807) is 0 Å². The molecule has 1 unspecified atom stereocenters. The molecule has 29 heavy (non-hydrogen) atoms. The predicted octanol–water partition coefficient (Wildman–Crippen LogP) is 2.30. The molecular formula is C22H30N2O5. The third-order valence-corrected chi connectivity index (χ3v) is 6.24. The Bertz CT molecular complexity index is 723. The van der Waals surface area contributed by atoms with Gasteiger partial charge in [-0.25, -0.2) is 0 Å². The van der Waals surface area contributed by atoms with E-state index >= 15 is 0 Å². The largest absolute Gasteiger partial charge is 0.480 e. The van der Waals surface area contributed by atoms with Gasteiger partial charge in [-0.1, -0.05) is 43.2 Å². The molecule has 3 N–H and O–H groups in total. The number of likely N-dealkylation sites (tertiary alicyclic amines) is 1. The summed E-state index contributed by atoms with van der Waals surface area (Å²) in [5.74, 6) is -1.93. The maximum absolute atomic E-state index is 13.2. The van der Waals surface area contributed by atoms with Crippen molar-refractivity contribution >= 4 is 17.8 Å². The van der Waals surface area contributed by atoms with Crippen LogP contribution in [0, 0.1) is 5.92 Å². The number of aryl methyl sites for hydroxylation is 1. The fourth-order valence-electron chi connectivity index (χ4n) is 4.81. The van der Waals surface area contributed by atoms with Crippen LogP contribution in [0.2, 0.25) is 0 Å². The van der Waals surface area contributed by atoms with E-state index in [1.165, 1.54) is 4.90 Å². The number of carbonyl (C=O) groups is 3. The van der Waals surface area contributed by atoms with Gasteiger partial charge in [0.1, 0.15) is 12.6 Å². The second-order valence-corrected chi connectivity index (χ2v) is 8.18. The Morgan fingerprint density at radius 1 is 1.07 bits per heavy atom. The van der Waals surface area contributed by atoms with Gasteiger partial charge in [-0.2, -0.15) is 0 Å². The van der Waals surface area contributed by atoms with Crippen molar-refractivity contribution in [3.05, 3.63) is 35.9 Å². The number of nitrogens with zero attached hydrogens (tertiary/aromatic N) is 1. The normalized spacial score (nSPS) is 25.7. The maximum atomic E-state index is 13.2. The van der Waals surface area contributed by atoms with Crippen LogP contribution in [-0.2, 0) is 20.8 Å². The van der Waals surface area contributed by atoms with Crippen LogP contribution in [0.4, 0.5) is 0 Å². The maximum Gasteiger partial charge on any atom is 0.323 e. The van der Waals surface area contributed by atoms with Crippen LogP contribution in [0.25, 0.3) is 0 Å². The zero-order valence-corrected chi connectivity index (χ0v) is 16.6. The van der Waals surface area contributed by atoms with Gasteiger partial charge in [-0.15, -0.1) is 0 Å². The highest BCUT2D eigenvalue weighted by Crippen LogP contribution is 2.35. The van der Waals surface area contributed by atoms with E-state index in [4.69, 9.17) is 0 Å². The first kappa shape index (κ1) is 21.3. The molecular weight excluding hydrogens is 372 g/mol. The lowest BCUT2D eigenvalue weighted by Gasteiger charge is -2.38. The van der Waals surface area contributed by atoms with Crippen molar-refractivity contribution in [3.8, 4) is 0 Å². The van der Waals surface area contributed by atoms with E-state index in [-0.39, 0.29) is 18.5 Å². The van der Waals surface area contributed by atoms with Crippen LogP contribution in [0.15, 0.2) is 30.3 Å². The number of nitrogens with one attached hydrogen (secondary N) is 1. The van der Waals surface area contributed by atoms with E-state index < -0.39 is 24.0 Å². The van der Waals surface area contributed by atoms with Crippen molar-refractivity contribution in [2.45, 2.75) is 69.5 Å². The van der Waals surface area contributed by atoms with Crippen molar-refractivity contribution in [1.82, 2.24) is 10.2 Å². The Morgan fingerprint density at radius 2 is 1.76 bits per heavy atom. The molecule has 1 aliphatic heterocycles. The van der Waals surface area contributed by atoms with Crippen LogP contribution in [0.5, 0.6) is 0 Å². The quantitative estimate of drug-likeness (QED) is 0.616. The van der Waals surface area contributed by atoms with Gasteiger partial charge in [0.25, 0.3) is 0 Å². The van der Waals surface area contributed by atoms with Gasteiger partial charge in [-0.05, 0) is 50.0 Å². The number of hydrogen-bond acceptors (Lipinski definition) is 4. The fourth-order valence-corrected chi connectivity index (χ4v) is 4.81. The monoisotopic (exact) mass is 402 g/mol. The number of benzene rings is 1. The molecule has 0 radical (unpaired) electrons. The van der Waals surface area contributed by atoms with Crippen LogP contribution >= 0.6 is 0 Å². The number of carboxylic acids is 2. The van der Waals surface area contributed by atoms with Crippen LogP contribution in [0.1, 0.15) is 50.5 Å². The van der Waals surface area contributed by atoms with Crippen molar-refractivity contribution < 1.29 is 24.6 Å². The molecule has 4 atom stereocenters. The summed E-state index contributed by atoms with van der Waals surface area (Å²) in [4.78, 5) is 37.9. The SMILES string of the molecule is O=C(O)CN1C(=O)[C@@H](N[C@@H](CCc2ccccc2)C(=O)O)CCCC2CCC[C@H]21. The summed E-state index contributed by atoms with van der Waals surface area (Å²) in [5.41, 5.74) is 1.05. The lowest BCUT2D eigenvalue weighted by Crippen LogP contribution is -2.57. The fraction of sp³-hybridized carbons (Fsp3) is 0.591. The zero-order valence-electron chi connectivity index (χ0n) is 16.6. The molecule has 158 valence electrons. The third-order valence-electron chi connectivity index (χ3n) is 6.24. The summed E-state index contributed by atoms with van der Waals surface area (Å²) < 4.78 is 0. The molecule has 2 aliphatic rings. The van der Waals surface area contributed by atoms with Gasteiger partial charge in [0.15, 0.2) is 0 Å². The highest BCUT2D eigenvalue weighted by molar-refractivity contribution is 5.86. The Kier molecular flexibility index (Phi) is 7.25. The molecule has 1 heterocycles. The topological polar surface area (TPSA) is 107 Å². The standard InChI is InChI=1S/C22H30N2O5/c25-20(26)14-24-19-11-5-9-16(19)8-4-10-17(21(24)27)23-18(22(28)29)13-12-15-6-2-1-3-7-15/h1-3,6-7,16-19,23H,4-5,8-14H2,(H,25,26)(H,28,29)/t16?,17-,18-,19+/m0/s1. The molecule has 2 fully saturated rings. The predicted molar refractivity (Wildman–Crippen MR) is 107 cm³/mol. The number of carbonyl (C=O) groups excluding carboxylic acids is 1. The number of amides is 1. The Labute approximate surface area is 171 Å². The average Bonchev–Trinajstić information content (AvgIpc) is 3.14. The molecule has 1 amide bonds. The summed E-state index contributed by atoms with van der Waals surface area (Å²) in [6, 6.07) is 8.09. The summed E-state index contributed by atoms with van der Waals surface area (Å²) in [6.45, 7) is -0.320. The second-order valence-electron chi connectivity index (χ2n) is 8.18. The van der Waals surface area contributed by atoms with Crippen LogP contribution < -0.4 is 5.32 Å². The van der Waals surface area contributed by atoms with Gasteiger partial charge in [-0.3, -0.25) is 19.7 Å². The van der Waals surface area contributed by atoms with Crippen molar-refractivity contribution in [2.24, 2.45) is 5.92 Å². The second kappa shape index (κ2) is 9.87. The minimum atomic E-state index is -1.03. The lowest BCUT2D eigenvalue weighted by molar-refractivity contribution is -0.149. The first-order valence-electron chi connectivity index (χ1n) is 10.5. The molecule has 1 saturated heterocycles. The smallest absolute Gasteiger partial charge is 0.323 e. The molecule has 1 saturated carbocycles. The number of hydrogen-bond donors (Lipinski definition) is 3. The first-order valence-corrected chi connectivity index (χ1v) is 10.5. The average molecular weight is 402 g/mol. The minimum absolute atomic E-state index is 0.0456. The first-order chi connectivity index (χ1) is 14.0. The minimum Gasteiger partial charge on any atom is -0.480 e. The van der Waals surface area contributed by atoms with E-state index in [1.807, 2.05) is 30.3 Å².